The summed E-state index contributed by atoms with van der Waals surface area (Å²) >= 11 is 0. The molecule has 166 valence electrons. The molecular weight excluding hydrogens is 404 g/mol. The molecule has 1 saturated heterocycles. The van der Waals surface area contributed by atoms with Crippen LogP contribution in [0, 0.1) is 0 Å². The molecule has 32 heavy (non-hydrogen) atoms. The van der Waals surface area contributed by atoms with Crippen molar-refractivity contribution in [3.63, 3.8) is 0 Å². The number of nitrogens with zero attached hydrogens (tertiary/aromatic N) is 5. The minimum atomic E-state index is -0.0453. The Labute approximate surface area is 188 Å². The summed E-state index contributed by atoms with van der Waals surface area (Å²) < 4.78 is 5.53. The van der Waals surface area contributed by atoms with Gasteiger partial charge in [0.1, 0.15) is 0 Å². The molecule has 0 radical (unpaired) electrons. The zero-order valence-corrected chi connectivity index (χ0v) is 18.4. The monoisotopic (exact) mass is 432 g/mol. The normalized spacial score (nSPS) is 14.3. The number of hydrogen-bond acceptors (Lipinski definition) is 7. The number of carbonyl (C=O) groups is 1. The molecule has 0 atom stereocenters. The second-order valence-corrected chi connectivity index (χ2v) is 7.82. The Morgan fingerprint density at radius 3 is 2.44 bits per heavy atom. The number of aromatic nitrogens is 2. The average molecular weight is 433 g/mol. The van der Waals surface area contributed by atoms with Crippen LogP contribution in [0.1, 0.15) is 0 Å². The van der Waals surface area contributed by atoms with Crippen LogP contribution in [-0.4, -0.2) is 72.7 Å². The van der Waals surface area contributed by atoms with Crippen molar-refractivity contribution in [1.29, 1.82) is 0 Å². The zero-order valence-electron chi connectivity index (χ0n) is 18.4. The van der Waals surface area contributed by atoms with E-state index in [4.69, 9.17) is 9.72 Å². The number of nitrogens with one attached hydrogen (secondary N) is 1. The minimum absolute atomic E-state index is 0.0453. The van der Waals surface area contributed by atoms with Gasteiger partial charge >= 0.3 is 0 Å². The Bertz CT molecular complexity index is 1020. The molecule has 1 amide bonds. The molecule has 2 aromatic carbocycles. The lowest BCUT2D eigenvalue weighted by atomic mass is 10.1. The van der Waals surface area contributed by atoms with E-state index in [0.29, 0.717) is 25.7 Å². The molecule has 1 aromatic heterocycles. The molecule has 1 fully saturated rings. The van der Waals surface area contributed by atoms with Crippen LogP contribution in [0.2, 0.25) is 0 Å². The smallest absolute Gasteiger partial charge is 0.245 e. The Morgan fingerprint density at radius 2 is 1.75 bits per heavy atom. The summed E-state index contributed by atoms with van der Waals surface area (Å²) in [4.78, 5) is 23.3. The van der Waals surface area contributed by atoms with Gasteiger partial charge in [-0.25, -0.2) is 20.0 Å². The highest BCUT2D eigenvalue weighted by molar-refractivity contribution is 5.92. The molecule has 1 aliphatic rings. The number of hydrazine groups is 1. The second-order valence-electron chi connectivity index (χ2n) is 7.82. The van der Waals surface area contributed by atoms with Gasteiger partial charge in [-0.3, -0.25) is 4.79 Å². The van der Waals surface area contributed by atoms with Gasteiger partial charge < -0.3 is 15.0 Å². The second kappa shape index (κ2) is 10.3. The van der Waals surface area contributed by atoms with Crippen molar-refractivity contribution in [2.75, 3.05) is 57.3 Å². The number of benzene rings is 2. The van der Waals surface area contributed by atoms with E-state index in [1.807, 2.05) is 67.5 Å². The summed E-state index contributed by atoms with van der Waals surface area (Å²) in [6.45, 7) is 3.22. The van der Waals surface area contributed by atoms with E-state index in [1.54, 1.807) is 6.20 Å². The molecule has 8 nitrogen and oxygen atoms in total. The fourth-order valence-corrected chi connectivity index (χ4v) is 3.55. The van der Waals surface area contributed by atoms with Gasteiger partial charge in [0.15, 0.2) is 0 Å². The molecule has 0 spiro atoms. The lowest BCUT2D eigenvalue weighted by Gasteiger charge is -2.37. The van der Waals surface area contributed by atoms with Crippen LogP contribution in [0.3, 0.4) is 0 Å². The fourth-order valence-electron chi connectivity index (χ4n) is 3.55. The fraction of sp³-hybridized carbons (Fsp3) is 0.292. The van der Waals surface area contributed by atoms with Crippen molar-refractivity contribution in [3.8, 4) is 11.3 Å². The Morgan fingerprint density at radius 1 is 1.03 bits per heavy atom. The van der Waals surface area contributed by atoms with E-state index < -0.39 is 0 Å². The van der Waals surface area contributed by atoms with E-state index in [2.05, 4.69) is 32.5 Å². The number of anilines is 3. The summed E-state index contributed by atoms with van der Waals surface area (Å²) in [7, 11) is 3.73. The molecule has 0 aliphatic carbocycles. The first kappa shape index (κ1) is 21.9. The van der Waals surface area contributed by atoms with Crippen molar-refractivity contribution < 1.29 is 9.53 Å². The SMILES string of the molecule is CN(C)CC(=O)Nc1ccc(-c2ccnc(N(c3ccccc3)N3CCOCC3)n2)cc1. The average Bonchev–Trinajstić information content (AvgIpc) is 2.81. The number of para-hydroxylation sites is 1. The maximum atomic E-state index is 12.0. The van der Waals surface area contributed by atoms with Crippen molar-refractivity contribution in [1.82, 2.24) is 19.9 Å². The number of rotatable bonds is 7. The summed E-state index contributed by atoms with van der Waals surface area (Å²) in [5.41, 5.74) is 3.53. The van der Waals surface area contributed by atoms with Crippen molar-refractivity contribution in [2.24, 2.45) is 0 Å². The van der Waals surface area contributed by atoms with E-state index >= 15 is 0 Å². The molecule has 2 heterocycles. The van der Waals surface area contributed by atoms with Gasteiger partial charge in [-0.05, 0) is 44.4 Å². The highest BCUT2D eigenvalue weighted by atomic mass is 16.5. The highest BCUT2D eigenvalue weighted by Gasteiger charge is 2.23. The third kappa shape index (κ3) is 5.47. The lowest BCUT2D eigenvalue weighted by Crippen LogP contribution is -2.47. The Kier molecular flexibility index (Phi) is 7.06. The van der Waals surface area contributed by atoms with Crippen LogP contribution < -0.4 is 10.3 Å². The van der Waals surface area contributed by atoms with E-state index in [0.717, 1.165) is 35.7 Å². The van der Waals surface area contributed by atoms with Gasteiger partial charge in [0.05, 0.1) is 31.1 Å². The van der Waals surface area contributed by atoms with Crippen LogP contribution >= 0.6 is 0 Å². The van der Waals surface area contributed by atoms with E-state index in [9.17, 15) is 4.79 Å². The van der Waals surface area contributed by atoms with Gasteiger partial charge in [0.2, 0.25) is 11.9 Å². The standard InChI is InChI=1S/C24H28N6O2/c1-28(2)18-23(31)26-20-10-8-19(9-11-20)22-12-13-25-24(27-22)30(21-6-4-3-5-7-21)29-14-16-32-17-15-29/h3-13H,14-18H2,1-2H3,(H,26,31). The van der Waals surface area contributed by atoms with E-state index in [-0.39, 0.29) is 5.91 Å². The molecule has 0 bridgehead atoms. The predicted molar refractivity (Wildman–Crippen MR) is 126 cm³/mol. The Balaban J connectivity index is 1.58. The topological polar surface area (TPSA) is 73.8 Å². The van der Waals surface area contributed by atoms with Gasteiger partial charge in [0.25, 0.3) is 0 Å². The number of ether oxygens (including phenoxy) is 1. The highest BCUT2D eigenvalue weighted by Crippen LogP contribution is 2.27. The van der Waals surface area contributed by atoms with Gasteiger partial charge in [-0.1, -0.05) is 30.3 Å². The van der Waals surface area contributed by atoms with Crippen LogP contribution in [-0.2, 0) is 9.53 Å². The van der Waals surface area contributed by atoms with Gasteiger partial charge in [-0.2, -0.15) is 0 Å². The summed E-state index contributed by atoms with van der Waals surface area (Å²) in [6.07, 6.45) is 1.78. The van der Waals surface area contributed by atoms with Crippen molar-refractivity contribution >= 4 is 23.2 Å². The van der Waals surface area contributed by atoms with Gasteiger partial charge in [-0.15, -0.1) is 0 Å². The predicted octanol–water partition coefficient (Wildman–Crippen LogP) is 3.03. The third-order valence-corrected chi connectivity index (χ3v) is 5.03. The number of likely N-dealkylation sites (N-methyl/N-ethyl adjacent to an activating group) is 1. The molecule has 0 unspecified atom stereocenters. The molecular formula is C24H28N6O2. The third-order valence-electron chi connectivity index (χ3n) is 5.03. The van der Waals surface area contributed by atoms with Crippen molar-refractivity contribution in [2.45, 2.75) is 0 Å². The van der Waals surface area contributed by atoms with Crippen LogP contribution in [0.25, 0.3) is 11.3 Å². The Hall–Kier alpha value is -3.33. The first-order chi connectivity index (χ1) is 15.6. The number of amides is 1. The van der Waals surface area contributed by atoms with Gasteiger partial charge in [0, 0.05) is 30.5 Å². The summed E-state index contributed by atoms with van der Waals surface area (Å²) in [5, 5.41) is 7.17. The largest absolute Gasteiger partial charge is 0.379 e. The maximum Gasteiger partial charge on any atom is 0.245 e. The first-order valence-electron chi connectivity index (χ1n) is 10.7. The number of morpholine rings is 1. The van der Waals surface area contributed by atoms with Crippen LogP contribution in [0.5, 0.6) is 0 Å². The van der Waals surface area contributed by atoms with Crippen LogP contribution in [0.15, 0.2) is 66.9 Å². The molecule has 4 rings (SSSR count). The van der Waals surface area contributed by atoms with Crippen LogP contribution in [0.4, 0.5) is 17.3 Å². The molecule has 1 aliphatic heterocycles. The molecule has 3 aromatic rings. The van der Waals surface area contributed by atoms with E-state index in [1.165, 1.54) is 0 Å². The first-order valence-corrected chi connectivity index (χ1v) is 10.7. The number of carbonyl (C=O) groups excluding carboxylic acids is 1. The quantitative estimate of drug-likeness (QED) is 0.615. The minimum Gasteiger partial charge on any atom is -0.379 e. The summed E-state index contributed by atoms with van der Waals surface area (Å²) in [6, 6.07) is 19.7. The number of hydrogen-bond donors (Lipinski definition) is 1. The molecule has 0 saturated carbocycles. The van der Waals surface area contributed by atoms with Crippen molar-refractivity contribution in [3.05, 3.63) is 66.9 Å². The summed E-state index contributed by atoms with van der Waals surface area (Å²) in [5.74, 6) is 0.565. The zero-order chi connectivity index (χ0) is 22.3. The lowest BCUT2D eigenvalue weighted by molar-refractivity contribution is -0.116. The maximum absolute atomic E-state index is 12.0. The molecule has 8 heteroatoms. The molecule has 1 N–H and O–H groups in total.